The number of hydrazine groups is 1. The average molecular weight is 779 g/mol. The van der Waals surface area contributed by atoms with Gasteiger partial charge in [-0.1, -0.05) is 59.4 Å². The van der Waals surface area contributed by atoms with Crippen molar-refractivity contribution in [2.24, 2.45) is 58.1 Å². The van der Waals surface area contributed by atoms with Crippen molar-refractivity contribution in [2.75, 3.05) is 26.5 Å². The summed E-state index contributed by atoms with van der Waals surface area (Å²) < 4.78 is 0. The highest BCUT2D eigenvalue weighted by Gasteiger charge is 2.60. The molecule has 7 nitrogen and oxygen atoms in total. The maximum absolute atomic E-state index is 10.2. The normalized spacial score (nSPS) is 34.1. The molecular weight excluding hydrogens is 697 g/mol. The van der Waals surface area contributed by atoms with Crippen LogP contribution in [0.3, 0.4) is 0 Å². The lowest BCUT2D eigenvalue weighted by Gasteiger charge is -2.61. The van der Waals surface area contributed by atoms with Crippen molar-refractivity contribution in [3.63, 3.8) is 0 Å². The van der Waals surface area contributed by atoms with Crippen LogP contribution in [0.25, 0.3) is 0 Å². The van der Waals surface area contributed by atoms with Crippen molar-refractivity contribution >= 4 is 11.8 Å². The highest BCUT2D eigenvalue weighted by Crippen LogP contribution is 2.68. The number of allylic oxidation sites excluding steroid dienone is 2. The monoisotopic (exact) mass is 779 g/mol. The van der Waals surface area contributed by atoms with E-state index in [1.807, 2.05) is 31.0 Å². The van der Waals surface area contributed by atoms with Gasteiger partial charge in [-0.2, -0.15) is 0 Å². The molecule has 7 N–H and O–H groups in total. The van der Waals surface area contributed by atoms with Crippen molar-refractivity contribution in [1.82, 2.24) is 26.3 Å². The number of aliphatic hydroxyl groups is 1. The molecular formula is C47H82N6OS. The third-order valence-corrected chi connectivity index (χ3v) is 16.2. The Morgan fingerprint density at radius 1 is 1.05 bits per heavy atom. The molecule has 5 aliphatic rings. The van der Waals surface area contributed by atoms with E-state index in [-0.39, 0.29) is 23.7 Å². The van der Waals surface area contributed by atoms with Crippen molar-refractivity contribution < 1.29 is 5.11 Å². The summed E-state index contributed by atoms with van der Waals surface area (Å²) in [6, 6.07) is 0.192. The van der Waals surface area contributed by atoms with Gasteiger partial charge in [0.05, 0.1) is 41.7 Å². The summed E-state index contributed by atoms with van der Waals surface area (Å²) >= 11 is 1.89. The van der Waals surface area contributed by atoms with Crippen LogP contribution in [0.15, 0.2) is 61.5 Å². The van der Waals surface area contributed by atoms with Crippen LogP contribution < -0.4 is 27.2 Å². The maximum Gasteiger partial charge on any atom is 0.0939 e. The first-order valence-corrected chi connectivity index (χ1v) is 22.5. The first kappa shape index (κ1) is 47.4. The van der Waals surface area contributed by atoms with E-state index in [1.54, 1.807) is 0 Å². The number of likely N-dealkylation sites (N-methyl/N-ethyl adjacent to an activating group) is 2. The molecule has 4 aliphatic carbocycles. The Morgan fingerprint density at radius 2 is 1.73 bits per heavy atom. The van der Waals surface area contributed by atoms with E-state index in [0.717, 1.165) is 65.5 Å². The van der Waals surface area contributed by atoms with Gasteiger partial charge in [0.1, 0.15) is 0 Å². The molecule has 4 saturated carbocycles. The molecule has 12 unspecified atom stereocenters. The number of hydrogen-bond donors (Lipinski definition) is 6. The summed E-state index contributed by atoms with van der Waals surface area (Å²) in [5.41, 5.74) is 6.94. The second-order valence-corrected chi connectivity index (χ2v) is 19.4. The third-order valence-electron chi connectivity index (χ3n) is 14.6. The van der Waals surface area contributed by atoms with Crippen LogP contribution in [0, 0.1) is 64.6 Å². The molecule has 0 amide bonds. The van der Waals surface area contributed by atoms with Crippen LogP contribution in [0.4, 0.5) is 0 Å². The van der Waals surface area contributed by atoms with Gasteiger partial charge in [-0.25, -0.2) is 5.43 Å². The Kier molecular flexibility index (Phi) is 19.2. The Hall–Kier alpha value is -1.99. The number of rotatable bonds is 15. The van der Waals surface area contributed by atoms with Gasteiger partial charge >= 0.3 is 0 Å². The summed E-state index contributed by atoms with van der Waals surface area (Å²) in [4.78, 5) is 2.25. The van der Waals surface area contributed by atoms with Crippen LogP contribution in [0.2, 0.25) is 0 Å². The fourth-order valence-electron chi connectivity index (χ4n) is 11.6. The van der Waals surface area contributed by atoms with Gasteiger partial charge in [-0.3, -0.25) is 11.2 Å². The standard InChI is InChI=1S/C25H42O.C17H30N6S.C5H10/c1-5-6-7-17(2)21-10-11-22-20-9-8-18-16-19(26)12-14-24(18,3)23(20)13-15-25(21,22)4;1-7-9-15(20-11-21-18)22-13(4)16-12(3)10-24-17(23(16)6)14(8-2)19-5;1-4-5(2)3/h5,17-23,26H,1,6-16H2,2-4H3;1,8,14-15,17,19-22H,2,4,9-11,18H2,3,5-6H3;4-5H,1H2,2-3H3. The van der Waals surface area contributed by atoms with Gasteiger partial charge in [0.15, 0.2) is 0 Å². The van der Waals surface area contributed by atoms with E-state index in [0.29, 0.717) is 29.8 Å². The minimum absolute atomic E-state index is 0.0138. The third kappa shape index (κ3) is 11.6. The minimum Gasteiger partial charge on any atom is -0.393 e. The lowest BCUT2D eigenvalue weighted by Crippen LogP contribution is -2.54. The lowest BCUT2D eigenvalue weighted by atomic mass is 9.44. The lowest BCUT2D eigenvalue weighted by molar-refractivity contribution is -0.129. The zero-order valence-corrected chi connectivity index (χ0v) is 37.1. The smallest absolute Gasteiger partial charge is 0.0939 e. The molecule has 0 bridgehead atoms. The van der Waals surface area contributed by atoms with Crippen LogP contribution in [0.1, 0.15) is 119 Å². The highest BCUT2D eigenvalue weighted by molar-refractivity contribution is 8.00. The summed E-state index contributed by atoms with van der Waals surface area (Å²) in [6.45, 7) is 30.3. The number of hydrogen-bond acceptors (Lipinski definition) is 8. The molecule has 1 heterocycles. The number of nitrogens with one attached hydrogen (secondary N) is 4. The first-order valence-electron chi connectivity index (χ1n) is 21.5. The maximum atomic E-state index is 10.2. The molecule has 8 heteroatoms. The SMILES string of the molecule is C#CCC(NCNN)NC(=C)C1=C(C)CSC(C(C=C)NC)N1C.C=CC(C)C.C=CCCC(C)C1CCC2C3CCC4CC(O)CCC4(C)C3CCC12C. The van der Waals surface area contributed by atoms with Gasteiger partial charge in [0.25, 0.3) is 0 Å². The molecule has 5 rings (SSSR count). The fraction of sp³-hybridized carbons (Fsp3) is 0.745. The number of thioether (sulfide) groups is 1. The number of nitrogens with zero attached hydrogens (tertiary/aromatic N) is 1. The molecule has 0 radical (unpaired) electrons. The number of aliphatic hydroxyl groups excluding tert-OH is 1. The Labute approximate surface area is 342 Å². The molecule has 4 fully saturated rings. The summed E-state index contributed by atoms with van der Waals surface area (Å²) in [6.07, 6.45) is 26.5. The van der Waals surface area contributed by atoms with Crippen molar-refractivity contribution in [3.8, 4) is 12.3 Å². The zero-order valence-electron chi connectivity index (χ0n) is 36.3. The summed E-state index contributed by atoms with van der Waals surface area (Å²) in [5, 5.41) is 20.4. The molecule has 1 aliphatic heterocycles. The zero-order chi connectivity index (χ0) is 40.9. The molecule has 0 aromatic rings. The quantitative estimate of drug-likeness (QED) is 0.0323. The van der Waals surface area contributed by atoms with Gasteiger partial charge in [-0.15, -0.1) is 43.8 Å². The topological polar surface area (TPSA) is 97.6 Å². The largest absolute Gasteiger partial charge is 0.393 e. The van der Waals surface area contributed by atoms with Crippen LogP contribution in [0.5, 0.6) is 0 Å². The minimum atomic E-state index is -0.0974. The highest BCUT2D eigenvalue weighted by atomic mass is 32.2. The fourth-order valence-corrected chi connectivity index (χ4v) is 12.9. The number of nitrogens with two attached hydrogens (primary N) is 1. The van der Waals surface area contributed by atoms with E-state index in [4.69, 9.17) is 12.3 Å². The number of fused-ring (bicyclic) bond motifs is 5. The van der Waals surface area contributed by atoms with Gasteiger partial charge in [-0.05, 0) is 142 Å². The van der Waals surface area contributed by atoms with E-state index >= 15 is 0 Å². The van der Waals surface area contributed by atoms with Gasteiger partial charge < -0.3 is 20.6 Å². The van der Waals surface area contributed by atoms with E-state index in [2.05, 4.69) is 113 Å². The molecule has 0 aromatic carbocycles. The second kappa shape index (κ2) is 22.2. The number of terminal acetylenes is 1. The van der Waals surface area contributed by atoms with Crippen molar-refractivity contribution in [3.05, 3.63) is 61.5 Å². The van der Waals surface area contributed by atoms with Crippen LogP contribution in [-0.2, 0) is 0 Å². The molecule has 0 saturated heterocycles. The Morgan fingerprint density at radius 3 is 2.33 bits per heavy atom. The van der Waals surface area contributed by atoms with Crippen LogP contribution in [-0.4, -0.2) is 60.2 Å². The summed E-state index contributed by atoms with van der Waals surface area (Å²) in [7, 11) is 4.03. The predicted octanol–water partition coefficient (Wildman–Crippen LogP) is 8.94. The second-order valence-electron chi connectivity index (χ2n) is 18.3. The molecule has 312 valence electrons. The molecule has 12 atom stereocenters. The van der Waals surface area contributed by atoms with E-state index in [1.165, 1.54) is 63.4 Å². The van der Waals surface area contributed by atoms with Gasteiger partial charge in [0, 0.05) is 19.2 Å². The average Bonchev–Trinajstić information content (AvgIpc) is 3.52. The molecule has 55 heavy (non-hydrogen) atoms. The van der Waals surface area contributed by atoms with Crippen LogP contribution >= 0.6 is 11.8 Å². The van der Waals surface area contributed by atoms with Crippen molar-refractivity contribution in [1.29, 1.82) is 0 Å². The Bertz CT molecular complexity index is 1320. The summed E-state index contributed by atoms with van der Waals surface area (Å²) in [5.74, 6) is 15.1. The van der Waals surface area contributed by atoms with E-state index < -0.39 is 0 Å². The van der Waals surface area contributed by atoms with Gasteiger partial charge in [0.2, 0.25) is 0 Å². The first-order chi connectivity index (χ1) is 26.2. The predicted molar refractivity (Wildman–Crippen MR) is 239 cm³/mol. The molecule has 0 spiro atoms. The Balaban J connectivity index is 0.000000264. The molecule has 0 aromatic heterocycles. The van der Waals surface area contributed by atoms with E-state index in [9.17, 15) is 5.11 Å². The van der Waals surface area contributed by atoms with Crippen molar-refractivity contribution in [2.45, 2.75) is 142 Å².